The summed E-state index contributed by atoms with van der Waals surface area (Å²) in [5.41, 5.74) is 16.0. The number of rotatable bonds is 1. The summed E-state index contributed by atoms with van der Waals surface area (Å²) in [6.07, 6.45) is 17.6. The number of hydrogen-bond donors (Lipinski definition) is 0. The Morgan fingerprint density at radius 1 is 0.805 bits per heavy atom. The van der Waals surface area contributed by atoms with Gasteiger partial charge in [-0.2, -0.15) is 0 Å². The molecule has 1 aromatic heterocycles. The van der Waals surface area contributed by atoms with Crippen molar-refractivity contribution in [1.82, 2.24) is 4.57 Å². The lowest BCUT2D eigenvalue weighted by Gasteiger charge is -2.31. The lowest BCUT2D eigenvalue weighted by Crippen LogP contribution is -2.24. The van der Waals surface area contributed by atoms with Crippen LogP contribution in [0, 0.1) is 11.8 Å². The number of para-hydroxylation sites is 1. The first-order chi connectivity index (χ1) is 19.9. The number of hydrogen-bond acceptors (Lipinski definition) is 0. The van der Waals surface area contributed by atoms with Crippen LogP contribution in [-0.2, 0) is 17.3 Å². The Bertz CT molecular complexity index is 1980. The van der Waals surface area contributed by atoms with Gasteiger partial charge in [0.1, 0.15) is 0 Å². The SMILES string of the molecule is CC1(C)C2=C(c3ccccc31)C1Cc3c(n(-c4ccc5c(c4)C(C)(C)C4C=CC=CC54)c4ccccc34)C=C1C=C2. The second kappa shape index (κ2) is 7.79. The quantitative estimate of drug-likeness (QED) is 0.231. The van der Waals surface area contributed by atoms with Crippen LogP contribution in [0.4, 0.5) is 0 Å². The molecular formula is C40H35N. The van der Waals surface area contributed by atoms with Crippen LogP contribution in [0.1, 0.15) is 67.1 Å². The maximum atomic E-state index is 2.54. The molecule has 0 fully saturated rings. The van der Waals surface area contributed by atoms with E-state index in [1.165, 1.54) is 61.2 Å². The summed E-state index contributed by atoms with van der Waals surface area (Å²) >= 11 is 0. The van der Waals surface area contributed by atoms with E-state index in [1.807, 2.05) is 0 Å². The fourth-order valence-corrected chi connectivity index (χ4v) is 9.03. The minimum atomic E-state index is 0.0427. The van der Waals surface area contributed by atoms with Gasteiger partial charge < -0.3 is 4.57 Å². The van der Waals surface area contributed by atoms with E-state index >= 15 is 0 Å². The molecule has 1 nitrogen and oxygen atoms in total. The molecular weight excluding hydrogens is 494 g/mol. The molecule has 5 aliphatic carbocycles. The second-order valence-electron chi connectivity index (χ2n) is 13.8. The van der Waals surface area contributed by atoms with Crippen molar-refractivity contribution in [3.8, 4) is 5.69 Å². The van der Waals surface area contributed by atoms with Gasteiger partial charge in [-0.1, -0.05) is 113 Å². The Hall–Kier alpha value is -4.10. The molecule has 9 rings (SSSR count). The van der Waals surface area contributed by atoms with Gasteiger partial charge in [0.05, 0.1) is 11.2 Å². The minimum Gasteiger partial charge on any atom is -0.310 e. The average Bonchev–Trinajstić information content (AvgIpc) is 3.53. The zero-order valence-corrected chi connectivity index (χ0v) is 24.3. The van der Waals surface area contributed by atoms with E-state index in [1.54, 1.807) is 5.57 Å². The summed E-state index contributed by atoms with van der Waals surface area (Å²) in [5.74, 6) is 1.39. The molecule has 41 heavy (non-hydrogen) atoms. The molecule has 5 aliphatic rings. The van der Waals surface area contributed by atoms with E-state index < -0.39 is 0 Å². The molecule has 0 saturated carbocycles. The third-order valence-corrected chi connectivity index (χ3v) is 11.1. The van der Waals surface area contributed by atoms with Gasteiger partial charge >= 0.3 is 0 Å². The van der Waals surface area contributed by atoms with Crippen LogP contribution in [-0.4, -0.2) is 4.57 Å². The lowest BCUT2D eigenvalue weighted by molar-refractivity contribution is 0.394. The molecule has 0 saturated heterocycles. The summed E-state index contributed by atoms with van der Waals surface area (Å²) in [7, 11) is 0. The highest BCUT2D eigenvalue weighted by Crippen LogP contribution is 2.56. The molecule has 0 aliphatic heterocycles. The highest BCUT2D eigenvalue weighted by Gasteiger charge is 2.45. The highest BCUT2D eigenvalue weighted by atomic mass is 15.0. The predicted molar refractivity (Wildman–Crippen MR) is 172 cm³/mol. The monoisotopic (exact) mass is 529 g/mol. The van der Waals surface area contributed by atoms with Crippen LogP contribution in [0.15, 0.2) is 114 Å². The van der Waals surface area contributed by atoms with Crippen LogP contribution in [0.3, 0.4) is 0 Å². The van der Waals surface area contributed by atoms with Crippen molar-refractivity contribution >= 4 is 22.6 Å². The third kappa shape index (κ3) is 2.92. The Kier molecular flexibility index (Phi) is 4.48. The van der Waals surface area contributed by atoms with Crippen molar-refractivity contribution in [2.24, 2.45) is 11.8 Å². The molecule has 3 aromatic carbocycles. The average molecular weight is 530 g/mol. The van der Waals surface area contributed by atoms with Gasteiger partial charge in [0.15, 0.2) is 0 Å². The van der Waals surface area contributed by atoms with Crippen LogP contribution in [0.2, 0.25) is 0 Å². The molecule has 0 amide bonds. The van der Waals surface area contributed by atoms with Gasteiger partial charge in [-0.15, -0.1) is 0 Å². The van der Waals surface area contributed by atoms with Gasteiger partial charge in [-0.25, -0.2) is 0 Å². The molecule has 0 bridgehead atoms. The van der Waals surface area contributed by atoms with Gasteiger partial charge in [-0.05, 0) is 86.6 Å². The smallest absolute Gasteiger partial charge is 0.0537 e. The fourth-order valence-electron chi connectivity index (χ4n) is 9.03. The van der Waals surface area contributed by atoms with Crippen LogP contribution in [0.5, 0.6) is 0 Å². The number of aromatic nitrogens is 1. The molecule has 0 radical (unpaired) electrons. The summed E-state index contributed by atoms with van der Waals surface area (Å²) in [4.78, 5) is 0. The number of allylic oxidation sites excluding steroid dienone is 9. The van der Waals surface area contributed by atoms with Crippen molar-refractivity contribution < 1.29 is 0 Å². The van der Waals surface area contributed by atoms with E-state index in [9.17, 15) is 0 Å². The summed E-state index contributed by atoms with van der Waals surface area (Å²) < 4.78 is 2.54. The molecule has 200 valence electrons. The highest BCUT2D eigenvalue weighted by molar-refractivity contribution is 5.95. The Morgan fingerprint density at radius 2 is 1.61 bits per heavy atom. The Morgan fingerprint density at radius 3 is 2.51 bits per heavy atom. The normalized spacial score (nSPS) is 25.4. The maximum Gasteiger partial charge on any atom is 0.0537 e. The molecule has 1 heteroatoms. The number of nitrogens with zero attached hydrogens (tertiary/aromatic N) is 1. The first-order valence-corrected chi connectivity index (χ1v) is 15.2. The van der Waals surface area contributed by atoms with Gasteiger partial charge in [0.25, 0.3) is 0 Å². The van der Waals surface area contributed by atoms with Crippen LogP contribution >= 0.6 is 0 Å². The molecule has 3 unspecified atom stereocenters. The first-order valence-electron chi connectivity index (χ1n) is 15.2. The van der Waals surface area contributed by atoms with Gasteiger partial charge in [-0.3, -0.25) is 0 Å². The fraction of sp³-hybridized carbons (Fsp3) is 0.250. The van der Waals surface area contributed by atoms with Gasteiger partial charge in [0, 0.05) is 28.3 Å². The van der Waals surface area contributed by atoms with E-state index in [4.69, 9.17) is 0 Å². The zero-order chi connectivity index (χ0) is 27.7. The predicted octanol–water partition coefficient (Wildman–Crippen LogP) is 9.62. The van der Waals surface area contributed by atoms with E-state index in [0.29, 0.717) is 17.8 Å². The molecule has 0 N–H and O–H groups in total. The van der Waals surface area contributed by atoms with Crippen LogP contribution in [0.25, 0.3) is 28.2 Å². The van der Waals surface area contributed by atoms with Crippen molar-refractivity contribution in [3.05, 3.63) is 148 Å². The number of fused-ring (bicyclic) bond motifs is 10. The largest absolute Gasteiger partial charge is 0.310 e. The van der Waals surface area contributed by atoms with E-state index in [2.05, 4.69) is 142 Å². The maximum absolute atomic E-state index is 2.54. The first kappa shape index (κ1) is 23.6. The van der Waals surface area contributed by atoms with Crippen LogP contribution < -0.4 is 0 Å². The van der Waals surface area contributed by atoms with E-state index in [0.717, 1.165) is 6.42 Å². The second-order valence-corrected chi connectivity index (χ2v) is 13.8. The Balaban J connectivity index is 1.24. The standard InChI is InChI=1S/C40H35N/c1-39(2)33-15-9-6-13-29(33)38-30-23-31-28-12-7-10-16-36(28)41(37(31)21-24(30)17-20-34(38)39)25-18-19-27-26-11-5-8-14-32(26)40(3,4)35(27)22-25/h5-22,26,30,32H,23H2,1-4H3. The van der Waals surface area contributed by atoms with Crippen molar-refractivity contribution in [2.75, 3.05) is 0 Å². The van der Waals surface area contributed by atoms with Crippen molar-refractivity contribution in [1.29, 1.82) is 0 Å². The molecule has 3 atom stereocenters. The lowest BCUT2D eigenvalue weighted by atomic mass is 9.73. The third-order valence-electron chi connectivity index (χ3n) is 11.1. The summed E-state index contributed by atoms with van der Waals surface area (Å²) in [5, 5.41) is 1.39. The van der Waals surface area contributed by atoms with E-state index in [-0.39, 0.29) is 10.8 Å². The minimum absolute atomic E-state index is 0.0427. The number of benzene rings is 3. The molecule has 4 aromatic rings. The zero-order valence-electron chi connectivity index (χ0n) is 24.3. The van der Waals surface area contributed by atoms with Gasteiger partial charge in [0.2, 0.25) is 0 Å². The summed E-state index contributed by atoms with van der Waals surface area (Å²) in [6.45, 7) is 9.64. The molecule has 0 spiro atoms. The molecule has 1 heterocycles. The van der Waals surface area contributed by atoms with Crippen molar-refractivity contribution in [3.63, 3.8) is 0 Å². The topological polar surface area (TPSA) is 4.93 Å². The van der Waals surface area contributed by atoms with Crippen molar-refractivity contribution in [2.45, 2.75) is 50.9 Å². The summed E-state index contributed by atoms with van der Waals surface area (Å²) in [6, 6.07) is 25.4. The Labute approximate surface area is 242 Å².